The van der Waals surface area contributed by atoms with Crippen LogP contribution in [0.15, 0.2) is 25.8 Å². The molecular formula is C10H6Br2OS2. The lowest BCUT2D eigenvalue weighted by Crippen LogP contribution is -1.96. The summed E-state index contributed by atoms with van der Waals surface area (Å²) >= 11 is 9.80. The van der Waals surface area contributed by atoms with Crippen molar-refractivity contribution in [2.45, 2.75) is 6.92 Å². The molecule has 0 aliphatic heterocycles. The van der Waals surface area contributed by atoms with Crippen molar-refractivity contribution in [3.63, 3.8) is 0 Å². The zero-order chi connectivity index (χ0) is 11.0. The number of carbonyl (C=O) groups is 1. The van der Waals surface area contributed by atoms with E-state index < -0.39 is 0 Å². The van der Waals surface area contributed by atoms with Gasteiger partial charge in [-0.3, -0.25) is 4.79 Å². The highest BCUT2D eigenvalue weighted by atomic mass is 79.9. The zero-order valence-corrected chi connectivity index (χ0v) is 12.5. The molecule has 0 aliphatic rings. The summed E-state index contributed by atoms with van der Waals surface area (Å²) < 4.78 is 1.87. The maximum absolute atomic E-state index is 12.1. The number of hydrogen-bond donors (Lipinski definition) is 0. The quantitative estimate of drug-likeness (QED) is 0.693. The molecule has 15 heavy (non-hydrogen) atoms. The second-order valence-corrected chi connectivity index (χ2v) is 7.40. The van der Waals surface area contributed by atoms with Crippen molar-refractivity contribution in [3.05, 3.63) is 41.1 Å². The zero-order valence-electron chi connectivity index (χ0n) is 7.71. The van der Waals surface area contributed by atoms with Gasteiger partial charge in [0, 0.05) is 20.3 Å². The molecule has 2 aromatic heterocycles. The predicted octanol–water partition coefficient (Wildman–Crippen LogP) is 4.87. The van der Waals surface area contributed by atoms with E-state index in [1.807, 2.05) is 24.4 Å². The fourth-order valence-electron chi connectivity index (χ4n) is 1.20. The van der Waals surface area contributed by atoms with Gasteiger partial charge in [0.1, 0.15) is 0 Å². The van der Waals surface area contributed by atoms with Gasteiger partial charge < -0.3 is 0 Å². The molecule has 0 bridgehead atoms. The summed E-state index contributed by atoms with van der Waals surface area (Å²) in [6.45, 7) is 2.00. The number of ketones is 1. The summed E-state index contributed by atoms with van der Waals surface area (Å²) in [5.41, 5.74) is 0.745. The number of halogens is 2. The van der Waals surface area contributed by atoms with E-state index in [1.54, 1.807) is 0 Å². The standard InChI is InChI=1S/C10H6Br2OS2/c1-5-2-7(11)10(15-5)9(13)6-3-8(12)14-4-6/h2-4H,1H3. The SMILES string of the molecule is Cc1cc(Br)c(C(=O)c2csc(Br)c2)s1. The average molecular weight is 366 g/mol. The van der Waals surface area contributed by atoms with Crippen LogP contribution in [-0.2, 0) is 0 Å². The van der Waals surface area contributed by atoms with E-state index in [0.29, 0.717) is 0 Å². The Bertz CT molecular complexity index is 513. The second kappa shape index (κ2) is 4.49. The van der Waals surface area contributed by atoms with Gasteiger partial charge in [-0.15, -0.1) is 22.7 Å². The minimum absolute atomic E-state index is 0.0851. The summed E-state index contributed by atoms with van der Waals surface area (Å²) in [6, 6.07) is 3.83. The van der Waals surface area contributed by atoms with Crippen LogP contribution in [0.5, 0.6) is 0 Å². The molecule has 0 radical (unpaired) electrons. The molecule has 0 N–H and O–H groups in total. The number of hydrogen-bond acceptors (Lipinski definition) is 3. The monoisotopic (exact) mass is 364 g/mol. The Hall–Kier alpha value is 0.0300. The third kappa shape index (κ3) is 2.41. The van der Waals surface area contributed by atoms with Crippen LogP contribution in [0.1, 0.15) is 20.1 Å². The van der Waals surface area contributed by atoms with Gasteiger partial charge in [0.25, 0.3) is 0 Å². The lowest BCUT2D eigenvalue weighted by Gasteiger charge is -1.93. The smallest absolute Gasteiger partial charge is 0.204 e. The Morgan fingerprint density at radius 2 is 2.07 bits per heavy atom. The predicted molar refractivity (Wildman–Crippen MR) is 72.2 cm³/mol. The summed E-state index contributed by atoms with van der Waals surface area (Å²) in [4.78, 5) is 14.0. The van der Waals surface area contributed by atoms with E-state index in [0.717, 1.165) is 23.6 Å². The van der Waals surface area contributed by atoms with Gasteiger partial charge in [0.05, 0.1) is 8.66 Å². The molecule has 2 aromatic rings. The summed E-state index contributed by atoms with van der Waals surface area (Å²) in [5.74, 6) is 0.0851. The highest BCUT2D eigenvalue weighted by Gasteiger charge is 2.16. The Balaban J connectivity index is 2.40. The number of aryl methyl sites for hydroxylation is 1. The van der Waals surface area contributed by atoms with Gasteiger partial charge in [-0.25, -0.2) is 0 Å². The first-order chi connectivity index (χ1) is 7.08. The van der Waals surface area contributed by atoms with Gasteiger partial charge in [-0.1, -0.05) is 0 Å². The normalized spacial score (nSPS) is 10.6. The maximum atomic E-state index is 12.1. The number of carbonyl (C=O) groups excluding carboxylic acids is 1. The molecule has 0 saturated heterocycles. The van der Waals surface area contributed by atoms with E-state index in [2.05, 4.69) is 31.9 Å². The summed E-state index contributed by atoms with van der Waals surface area (Å²) in [6.07, 6.45) is 0. The van der Waals surface area contributed by atoms with Crippen molar-refractivity contribution in [1.82, 2.24) is 0 Å². The van der Waals surface area contributed by atoms with Crippen molar-refractivity contribution in [1.29, 1.82) is 0 Å². The maximum Gasteiger partial charge on any atom is 0.204 e. The van der Waals surface area contributed by atoms with Crippen molar-refractivity contribution >= 4 is 60.3 Å². The molecule has 2 heterocycles. The van der Waals surface area contributed by atoms with Gasteiger partial charge in [-0.2, -0.15) is 0 Å². The van der Waals surface area contributed by atoms with Crippen molar-refractivity contribution in [2.75, 3.05) is 0 Å². The minimum Gasteiger partial charge on any atom is -0.288 e. The third-order valence-corrected chi connectivity index (χ3v) is 5.29. The van der Waals surface area contributed by atoms with Gasteiger partial charge in [-0.05, 0) is 50.9 Å². The van der Waals surface area contributed by atoms with Crippen LogP contribution in [0.4, 0.5) is 0 Å². The second-order valence-electron chi connectivity index (χ2n) is 3.00. The molecule has 78 valence electrons. The molecule has 5 heteroatoms. The summed E-state index contributed by atoms with van der Waals surface area (Å²) in [5, 5.41) is 1.87. The van der Waals surface area contributed by atoms with E-state index in [1.165, 1.54) is 22.7 Å². The van der Waals surface area contributed by atoms with E-state index in [9.17, 15) is 4.79 Å². The number of thiophene rings is 2. The van der Waals surface area contributed by atoms with Crippen LogP contribution >= 0.6 is 54.5 Å². The molecular weight excluding hydrogens is 360 g/mol. The molecule has 0 aliphatic carbocycles. The van der Waals surface area contributed by atoms with Gasteiger partial charge >= 0.3 is 0 Å². The van der Waals surface area contributed by atoms with Gasteiger partial charge in [0.15, 0.2) is 0 Å². The highest BCUT2D eigenvalue weighted by Crippen LogP contribution is 2.31. The average Bonchev–Trinajstić information content (AvgIpc) is 2.71. The fraction of sp³-hybridized carbons (Fsp3) is 0.100. The highest BCUT2D eigenvalue weighted by molar-refractivity contribution is 9.11. The largest absolute Gasteiger partial charge is 0.288 e. The lowest BCUT2D eigenvalue weighted by atomic mass is 10.2. The lowest BCUT2D eigenvalue weighted by molar-refractivity contribution is 0.104. The molecule has 1 nitrogen and oxygen atoms in total. The van der Waals surface area contributed by atoms with E-state index in [-0.39, 0.29) is 5.78 Å². The molecule has 2 rings (SSSR count). The first-order valence-electron chi connectivity index (χ1n) is 4.12. The molecule has 0 saturated carbocycles. The Morgan fingerprint density at radius 1 is 1.33 bits per heavy atom. The molecule has 0 atom stereocenters. The Labute approximate surface area is 112 Å². The fourth-order valence-corrected chi connectivity index (χ4v) is 4.12. The molecule has 0 fully saturated rings. The third-order valence-electron chi connectivity index (χ3n) is 1.85. The topological polar surface area (TPSA) is 17.1 Å². The van der Waals surface area contributed by atoms with Crippen molar-refractivity contribution in [3.8, 4) is 0 Å². The first-order valence-corrected chi connectivity index (χ1v) is 7.41. The van der Waals surface area contributed by atoms with Crippen LogP contribution in [0.25, 0.3) is 0 Å². The van der Waals surface area contributed by atoms with Crippen molar-refractivity contribution < 1.29 is 4.79 Å². The minimum atomic E-state index is 0.0851. The molecule has 0 spiro atoms. The Kier molecular flexibility index (Phi) is 3.45. The first kappa shape index (κ1) is 11.5. The molecule has 0 aromatic carbocycles. The molecule has 0 amide bonds. The van der Waals surface area contributed by atoms with E-state index in [4.69, 9.17) is 0 Å². The summed E-state index contributed by atoms with van der Waals surface area (Å²) in [7, 11) is 0. The Morgan fingerprint density at radius 3 is 2.53 bits per heavy atom. The van der Waals surface area contributed by atoms with Crippen LogP contribution < -0.4 is 0 Å². The van der Waals surface area contributed by atoms with Crippen LogP contribution in [-0.4, -0.2) is 5.78 Å². The number of rotatable bonds is 2. The van der Waals surface area contributed by atoms with Crippen LogP contribution in [0, 0.1) is 6.92 Å². The molecule has 0 unspecified atom stereocenters. The van der Waals surface area contributed by atoms with Crippen LogP contribution in [0.2, 0.25) is 0 Å². The van der Waals surface area contributed by atoms with Crippen LogP contribution in [0.3, 0.4) is 0 Å². The van der Waals surface area contributed by atoms with Gasteiger partial charge in [0.2, 0.25) is 5.78 Å². The van der Waals surface area contributed by atoms with E-state index >= 15 is 0 Å². The van der Waals surface area contributed by atoms with Crippen molar-refractivity contribution in [2.24, 2.45) is 0 Å².